The van der Waals surface area contributed by atoms with E-state index in [1.54, 1.807) is 37.4 Å². The lowest BCUT2D eigenvalue weighted by atomic mass is 10.0. The fourth-order valence-electron chi connectivity index (χ4n) is 5.62. The van der Waals surface area contributed by atoms with Gasteiger partial charge in [-0.2, -0.15) is 8.42 Å². The number of aryl methyl sites for hydroxylation is 2. The van der Waals surface area contributed by atoms with Gasteiger partial charge < -0.3 is 14.0 Å². The number of benzene rings is 5. The molecule has 0 saturated carbocycles. The van der Waals surface area contributed by atoms with Gasteiger partial charge in [-0.3, -0.25) is 4.18 Å². The molecular formula is C39H36FNO5S. The maximum atomic E-state index is 16.5. The number of hydrogen-bond acceptors (Lipinski definition) is 5. The molecule has 0 radical (unpaired) electrons. The van der Waals surface area contributed by atoms with E-state index < -0.39 is 10.1 Å². The third-order valence-electron chi connectivity index (χ3n) is 8.21. The van der Waals surface area contributed by atoms with Gasteiger partial charge >= 0.3 is 0 Å². The molecule has 0 fully saturated rings. The number of nitrogens with zero attached hydrogens (tertiary/aromatic N) is 1. The summed E-state index contributed by atoms with van der Waals surface area (Å²) in [6.07, 6.45) is 0.425. The van der Waals surface area contributed by atoms with Gasteiger partial charge in [0.25, 0.3) is 10.1 Å². The van der Waals surface area contributed by atoms with E-state index in [0.29, 0.717) is 42.2 Å². The van der Waals surface area contributed by atoms with Crippen molar-refractivity contribution in [2.24, 2.45) is 0 Å². The normalized spacial score (nSPS) is 11.6. The molecule has 47 heavy (non-hydrogen) atoms. The highest BCUT2D eigenvalue weighted by Crippen LogP contribution is 2.37. The summed E-state index contributed by atoms with van der Waals surface area (Å²) in [5, 5.41) is 0.476. The van der Waals surface area contributed by atoms with Crippen molar-refractivity contribution in [3.8, 4) is 22.8 Å². The molecule has 1 aromatic heterocycles. The first-order chi connectivity index (χ1) is 22.7. The zero-order valence-electron chi connectivity index (χ0n) is 26.6. The lowest BCUT2D eigenvalue weighted by Crippen LogP contribution is -2.09. The van der Waals surface area contributed by atoms with Gasteiger partial charge in [-0.05, 0) is 91.1 Å². The van der Waals surface area contributed by atoms with Gasteiger partial charge in [-0.1, -0.05) is 72.3 Å². The molecule has 0 amide bonds. The average Bonchev–Trinajstić information content (AvgIpc) is 3.34. The minimum Gasteiger partial charge on any atom is -0.497 e. The number of aromatic nitrogens is 1. The average molecular weight is 650 g/mol. The van der Waals surface area contributed by atoms with E-state index >= 15 is 4.39 Å². The van der Waals surface area contributed by atoms with Crippen molar-refractivity contribution in [1.82, 2.24) is 4.57 Å². The molecule has 0 aliphatic carbocycles. The van der Waals surface area contributed by atoms with Crippen LogP contribution in [0.15, 0.2) is 120 Å². The molecule has 0 bridgehead atoms. The number of hydrogen-bond donors (Lipinski definition) is 0. The molecule has 0 unspecified atom stereocenters. The second-order valence-corrected chi connectivity index (χ2v) is 13.2. The van der Waals surface area contributed by atoms with Gasteiger partial charge in [0, 0.05) is 17.5 Å². The van der Waals surface area contributed by atoms with Crippen LogP contribution in [0, 0.1) is 19.7 Å². The second kappa shape index (κ2) is 13.8. The number of halogens is 1. The summed E-state index contributed by atoms with van der Waals surface area (Å²) in [5.41, 5.74) is 6.81. The smallest absolute Gasteiger partial charge is 0.296 e. The molecule has 5 aromatic carbocycles. The number of rotatable bonds is 12. The molecule has 0 saturated heterocycles. The van der Waals surface area contributed by atoms with Crippen molar-refractivity contribution >= 4 is 21.0 Å². The molecule has 6 rings (SSSR count). The van der Waals surface area contributed by atoms with Crippen LogP contribution in [0.2, 0.25) is 0 Å². The summed E-state index contributed by atoms with van der Waals surface area (Å²) in [6, 6.07) is 35.5. The van der Waals surface area contributed by atoms with Gasteiger partial charge in [0.1, 0.15) is 18.1 Å². The van der Waals surface area contributed by atoms with Crippen LogP contribution in [-0.4, -0.2) is 26.7 Å². The molecule has 240 valence electrons. The van der Waals surface area contributed by atoms with Crippen molar-refractivity contribution in [2.45, 2.75) is 38.3 Å². The van der Waals surface area contributed by atoms with Crippen molar-refractivity contribution in [1.29, 1.82) is 0 Å². The van der Waals surface area contributed by atoms with Crippen LogP contribution in [0.25, 0.3) is 22.2 Å². The molecule has 0 N–H and O–H groups in total. The summed E-state index contributed by atoms with van der Waals surface area (Å²) in [7, 11) is -2.22. The summed E-state index contributed by atoms with van der Waals surface area (Å²) in [6.45, 7) is 4.68. The Bertz CT molecular complexity index is 2110. The maximum Gasteiger partial charge on any atom is 0.296 e. The van der Waals surface area contributed by atoms with E-state index in [9.17, 15) is 8.42 Å². The van der Waals surface area contributed by atoms with Crippen molar-refractivity contribution in [2.75, 3.05) is 13.7 Å². The lowest BCUT2D eigenvalue weighted by molar-refractivity contribution is 0.306. The molecule has 8 heteroatoms. The van der Waals surface area contributed by atoms with Gasteiger partial charge in [0.2, 0.25) is 0 Å². The van der Waals surface area contributed by atoms with Crippen LogP contribution < -0.4 is 9.47 Å². The first kappa shape index (κ1) is 32.0. The third kappa shape index (κ3) is 7.24. The third-order valence-corrected chi connectivity index (χ3v) is 9.54. The monoisotopic (exact) mass is 649 g/mol. The molecule has 1 heterocycles. The topological polar surface area (TPSA) is 66.8 Å². The Morgan fingerprint density at radius 3 is 2.15 bits per heavy atom. The Hall–Kier alpha value is -4.92. The van der Waals surface area contributed by atoms with Crippen LogP contribution in [0.4, 0.5) is 4.39 Å². The Morgan fingerprint density at radius 1 is 0.745 bits per heavy atom. The largest absolute Gasteiger partial charge is 0.497 e. The number of fused-ring (bicyclic) bond motifs is 1. The first-order valence-electron chi connectivity index (χ1n) is 15.4. The fourth-order valence-corrected chi connectivity index (χ4v) is 6.52. The van der Waals surface area contributed by atoms with E-state index in [2.05, 4.69) is 0 Å². The minimum atomic E-state index is -3.83. The first-order valence-corrected chi connectivity index (χ1v) is 16.8. The van der Waals surface area contributed by atoms with Crippen molar-refractivity contribution < 1.29 is 26.5 Å². The van der Waals surface area contributed by atoms with Crippen LogP contribution >= 0.6 is 0 Å². The van der Waals surface area contributed by atoms with E-state index in [1.807, 2.05) is 103 Å². The van der Waals surface area contributed by atoms with Gasteiger partial charge in [-0.25, -0.2) is 4.39 Å². The van der Waals surface area contributed by atoms with Crippen LogP contribution in [0.3, 0.4) is 0 Å². The van der Waals surface area contributed by atoms with E-state index in [0.717, 1.165) is 38.9 Å². The van der Waals surface area contributed by atoms with E-state index in [-0.39, 0.29) is 17.3 Å². The second-order valence-electron chi connectivity index (χ2n) is 11.5. The summed E-state index contributed by atoms with van der Waals surface area (Å²) in [5.74, 6) is 0.977. The summed E-state index contributed by atoms with van der Waals surface area (Å²) >= 11 is 0. The van der Waals surface area contributed by atoms with Crippen LogP contribution in [-0.2, 0) is 33.9 Å². The van der Waals surface area contributed by atoms with E-state index in [4.69, 9.17) is 13.7 Å². The number of methoxy groups -OCH3 is 1. The molecule has 0 aliphatic heterocycles. The summed E-state index contributed by atoms with van der Waals surface area (Å²) < 4.78 is 60.3. The Labute approximate surface area is 275 Å². The lowest BCUT2D eigenvalue weighted by Gasteiger charge is -2.14. The predicted molar refractivity (Wildman–Crippen MR) is 183 cm³/mol. The highest BCUT2D eigenvalue weighted by atomic mass is 32.2. The van der Waals surface area contributed by atoms with Crippen molar-refractivity contribution in [3.63, 3.8) is 0 Å². The van der Waals surface area contributed by atoms with Gasteiger partial charge in [-0.15, -0.1) is 0 Å². The van der Waals surface area contributed by atoms with E-state index in [1.165, 1.54) is 0 Å². The highest BCUT2D eigenvalue weighted by molar-refractivity contribution is 7.86. The molecule has 6 aromatic rings. The number of ether oxygens (including phenoxy) is 2. The summed E-state index contributed by atoms with van der Waals surface area (Å²) in [4.78, 5) is 0.141. The zero-order chi connectivity index (χ0) is 33.0. The highest BCUT2D eigenvalue weighted by Gasteiger charge is 2.22. The quantitative estimate of drug-likeness (QED) is 0.124. The predicted octanol–water partition coefficient (Wildman–Crippen LogP) is 8.65. The standard InChI is InChI=1S/C39H36FNO5S/c1-27-9-17-34(18-10-27)47(42,43)46-22-21-29-11-13-30(14-12-29)25-41-37-20-16-33(45-26-31-7-5-4-6-8-31)24-36(37)38(40)39(41)35-19-15-32(44-3)23-28(35)2/h4-20,23-24H,21-22,25-26H2,1-3H3. The minimum absolute atomic E-state index is 0.0264. The fraction of sp³-hybridized carbons (Fsp3) is 0.179. The van der Waals surface area contributed by atoms with Gasteiger partial charge in [0.15, 0.2) is 5.82 Å². The Balaban J connectivity index is 1.25. The Morgan fingerprint density at radius 2 is 1.45 bits per heavy atom. The van der Waals surface area contributed by atoms with Crippen LogP contribution in [0.1, 0.15) is 27.8 Å². The molecule has 0 aliphatic rings. The SMILES string of the molecule is COc1ccc(-c2c(F)c3cc(OCc4ccccc4)ccc3n2Cc2ccc(CCOS(=O)(=O)c3ccc(C)cc3)cc2)c(C)c1. The molecular weight excluding hydrogens is 613 g/mol. The Kier molecular flexibility index (Phi) is 9.43. The molecule has 0 atom stereocenters. The molecule has 0 spiro atoms. The zero-order valence-corrected chi connectivity index (χ0v) is 27.4. The molecule has 6 nitrogen and oxygen atoms in total. The van der Waals surface area contributed by atoms with Gasteiger partial charge in [0.05, 0.1) is 29.8 Å². The van der Waals surface area contributed by atoms with Crippen LogP contribution in [0.5, 0.6) is 11.5 Å². The maximum absolute atomic E-state index is 16.5. The van der Waals surface area contributed by atoms with Crippen molar-refractivity contribution in [3.05, 3.63) is 149 Å².